The minimum absolute atomic E-state index is 0.0369. The first-order chi connectivity index (χ1) is 10.5. The number of fused-ring (bicyclic) bond motifs is 1. The number of oxazole rings is 1. The summed E-state index contributed by atoms with van der Waals surface area (Å²) < 4.78 is 5.77. The van der Waals surface area contributed by atoms with E-state index in [0.717, 1.165) is 11.1 Å². The van der Waals surface area contributed by atoms with Gasteiger partial charge in [0.05, 0.1) is 10.6 Å². The van der Waals surface area contributed by atoms with Crippen LogP contribution in [0.25, 0.3) is 22.6 Å². The van der Waals surface area contributed by atoms with Crippen LogP contribution in [0.3, 0.4) is 0 Å². The van der Waals surface area contributed by atoms with Crippen molar-refractivity contribution in [2.24, 2.45) is 5.92 Å². The van der Waals surface area contributed by atoms with Gasteiger partial charge >= 0.3 is 0 Å². The van der Waals surface area contributed by atoms with Crippen molar-refractivity contribution in [1.82, 2.24) is 4.98 Å². The number of nitrogens with one attached hydrogen (secondary N) is 1. The monoisotopic (exact) mass is 314 g/mol. The van der Waals surface area contributed by atoms with Gasteiger partial charge in [-0.25, -0.2) is 4.98 Å². The number of hydrogen-bond donors (Lipinski definition) is 1. The summed E-state index contributed by atoms with van der Waals surface area (Å²) in [6.45, 7) is 3.69. The highest BCUT2D eigenvalue weighted by Gasteiger charge is 2.13. The minimum Gasteiger partial charge on any atom is -0.436 e. The zero-order chi connectivity index (χ0) is 15.7. The summed E-state index contributed by atoms with van der Waals surface area (Å²) in [5.41, 5.74) is 2.76. The molecule has 22 heavy (non-hydrogen) atoms. The van der Waals surface area contributed by atoms with Crippen molar-refractivity contribution in [2.45, 2.75) is 13.8 Å². The van der Waals surface area contributed by atoms with Crippen molar-refractivity contribution in [1.29, 1.82) is 0 Å². The van der Waals surface area contributed by atoms with E-state index in [1.54, 1.807) is 12.1 Å². The van der Waals surface area contributed by atoms with Crippen LogP contribution in [0.1, 0.15) is 13.8 Å². The van der Waals surface area contributed by atoms with E-state index in [2.05, 4.69) is 10.3 Å². The van der Waals surface area contributed by atoms with Gasteiger partial charge in [-0.15, -0.1) is 0 Å². The van der Waals surface area contributed by atoms with Crippen molar-refractivity contribution < 1.29 is 9.21 Å². The van der Waals surface area contributed by atoms with Crippen LogP contribution in [0.4, 0.5) is 5.69 Å². The molecule has 0 aliphatic rings. The maximum Gasteiger partial charge on any atom is 0.228 e. The van der Waals surface area contributed by atoms with E-state index in [1.165, 1.54) is 0 Å². The normalized spacial score (nSPS) is 11.1. The highest BCUT2D eigenvalue weighted by molar-refractivity contribution is 6.33. The van der Waals surface area contributed by atoms with E-state index in [0.29, 0.717) is 22.2 Å². The molecule has 5 heteroatoms. The van der Waals surface area contributed by atoms with Crippen LogP contribution in [0.2, 0.25) is 5.02 Å². The van der Waals surface area contributed by atoms with E-state index in [-0.39, 0.29) is 11.8 Å². The maximum atomic E-state index is 11.7. The van der Waals surface area contributed by atoms with Gasteiger partial charge in [-0.1, -0.05) is 37.6 Å². The van der Waals surface area contributed by atoms with Crippen LogP contribution in [0, 0.1) is 5.92 Å². The number of benzene rings is 2. The number of nitrogens with zero attached hydrogens (tertiary/aromatic N) is 1. The lowest BCUT2D eigenvalue weighted by molar-refractivity contribution is -0.118. The third-order valence-corrected chi connectivity index (χ3v) is 3.61. The number of hydrogen-bond acceptors (Lipinski definition) is 3. The van der Waals surface area contributed by atoms with Crippen molar-refractivity contribution in [2.75, 3.05) is 5.32 Å². The van der Waals surface area contributed by atoms with Crippen LogP contribution < -0.4 is 5.32 Å². The van der Waals surface area contributed by atoms with E-state index in [9.17, 15) is 4.79 Å². The molecule has 0 spiro atoms. The van der Waals surface area contributed by atoms with Gasteiger partial charge in [0.25, 0.3) is 0 Å². The molecular weight excluding hydrogens is 300 g/mol. The van der Waals surface area contributed by atoms with E-state index >= 15 is 0 Å². The second kappa shape index (κ2) is 5.81. The fraction of sp³-hybridized carbons (Fsp3) is 0.176. The first-order valence-electron chi connectivity index (χ1n) is 7.01. The fourth-order valence-corrected chi connectivity index (χ4v) is 2.26. The maximum absolute atomic E-state index is 11.7. The number of anilines is 1. The Hall–Kier alpha value is -2.33. The van der Waals surface area contributed by atoms with E-state index < -0.39 is 0 Å². The Bertz CT molecular complexity index is 840. The predicted octanol–water partition coefficient (Wildman–Crippen LogP) is 4.74. The molecule has 1 heterocycles. The minimum atomic E-state index is -0.0795. The molecule has 0 aliphatic carbocycles. The molecule has 3 aromatic rings. The van der Waals surface area contributed by atoms with Crippen LogP contribution in [0.15, 0.2) is 46.9 Å². The number of amides is 1. The van der Waals surface area contributed by atoms with E-state index in [1.807, 2.05) is 44.2 Å². The molecule has 0 atom stereocenters. The molecule has 0 aliphatic heterocycles. The Kier molecular flexibility index (Phi) is 3.86. The molecule has 0 unspecified atom stereocenters. The van der Waals surface area contributed by atoms with Gasteiger partial charge in [0.2, 0.25) is 11.8 Å². The molecule has 0 saturated carbocycles. The van der Waals surface area contributed by atoms with Gasteiger partial charge in [-0.2, -0.15) is 0 Å². The van der Waals surface area contributed by atoms with Crippen molar-refractivity contribution >= 4 is 34.3 Å². The van der Waals surface area contributed by atoms with Crippen molar-refractivity contribution in [3.8, 4) is 11.5 Å². The Morgan fingerprint density at radius 1 is 1.23 bits per heavy atom. The number of halogens is 1. The average Bonchev–Trinajstić information content (AvgIpc) is 2.90. The predicted molar refractivity (Wildman–Crippen MR) is 87.9 cm³/mol. The molecule has 0 bridgehead atoms. The first-order valence-corrected chi connectivity index (χ1v) is 7.39. The lowest BCUT2D eigenvalue weighted by atomic mass is 10.2. The zero-order valence-corrected chi connectivity index (χ0v) is 13.0. The highest BCUT2D eigenvalue weighted by atomic mass is 35.5. The van der Waals surface area contributed by atoms with Crippen LogP contribution in [-0.4, -0.2) is 10.9 Å². The molecule has 112 valence electrons. The summed E-state index contributed by atoms with van der Waals surface area (Å²) in [6, 6.07) is 12.8. The molecule has 1 amide bonds. The first kappa shape index (κ1) is 14.6. The molecule has 0 saturated heterocycles. The SMILES string of the molecule is CC(C)C(=O)Nc1ccc2nc(-c3ccccc3Cl)oc2c1. The second-order valence-electron chi connectivity index (χ2n) is 5.33. The molecule has 4 nitrogen and oxygen atoms in total. The van der Waals surface area contributed by atoms with Crippen molar-refractivity contribution in [3.63, 3.8) is 0 Å². The lowest BCUT2D eigenvalue weighted by Gasteiger charge is -2.06. The number of aromatic nitrogens is 1. The van der Waals surface area contributed by atoms with Gasteiger partial charge in [-0.05, 0) is 24.3 Å². The lowest BCUT2D eigenvalue weighted by Crippen LogP contribution is -2.17. The highest BCUT2D eigenvalue weighted by Crippen LogP contribution is 2.30. The van der Waals surface area contributed by atoms with Gasteiger partial charge in [0.15, 0.2) is 5.58 Å². The fourth-order valence-electron chi connectivity index (χ4n) is 2.04. The smallest absolute Gasteiger partial charge is 0.228 e. The molecular formula is C17H15ClN2O2. The molecule has 2 aromatic carbocycles. The molecule has 3 rings (SSSR count). The zero-order valence-electron chi connectivity index (χ0n) is 12.3. The van der Waals surface area contributed by atoms with Crippen molar-refractivity contribution in [3.05, 3.63) is 47.5 Å². The summed E-state index contributed by atoms with van der Waals surface area (Å²) in [7, 11) is 0. The topological polar surface area (TPSA) is 55.1 Å². The van der Waals surface area contributed by atoms with Gasteiger partial charge in [-0.3, -0.25) is 4.79 Å². The number of rotatable bonds is 3. The second-order valence-corrected chi connectivity index (χ2v) is 5.73. The number of carbonyl (C=O) groups is 1. The molecule has 1 aromatic heterocycles. The van der Waals surface area contributed by atoms with Gasteiger partial charge in [0.1, 0.15) is 5.52 Å². The molecule has 0 fully saturated rings. The summed E-state index contributed by atoms with van der Waals surface area (Å²) in [4.78, 5) is 16.2. The third-order valence-electron chi connectivity index (χ3n) is 3.28. The summed E-state index contributed by atoms with van der Waals surface area (Å²) in [6.07, 6.45) is 0. The third kappa shape index (κ3) is 2.83. The number of carbonyl (C=O) groups excluding carboxylic acids is 1. The Balaban J connectivity index is 1.97. The largest absolute Gasteiger partial charge is 0.436 e. The Morgan fingerprint density at radius 2 is 2.00 bits per heavy atom. The van der Waals surface area contributed by atoms with Crippen LogP contribution in [-0.2, 0) is 4.79 Å². The van der Waals surface area contributed by atoms with Crippen LogP contribution in [0.5, 0.6) is 0 Å². The quantitative estimate of drug-likeness (QED) is 0.759. The average molecular weight is 315 g/mol. The molecule has 0 radical (unpaired) electrons. The summed E-state index contributed by atoms with van der Waals surface area (Å²) >= 11 is 6.16. The van der Waals surface area contributed by atoms with E-state index in [4.69, 9.17) is 16.0 Å². The standard InChI is InChI=1S/C17H15ClN2O2/c1-10(2)16(21)19-11-7-8-14-15(9-11)22-17(20-14)12-5-3-4-6-13(12)18/h3-10H,1-2H3,(H,19,21). The Labute approximate surface area is 133 Å². The Morgan fingerprint density at radius 3 is 2.73 bits per heavy atom. The van der Waals surface area contributed by atoms with Gasteiger partial charge < -0.3 is 9.73 Å². The van der Waals surface area contributed by atoms with Crippen LogP contribution >= 0.6 is 11.6 Å². The summed E-state index contributed by atoms with van der Waals surface area (Å²) in [5, 5.41) is 3.43. The van der Waals surface area contributed by atoms with Gasteiger partial charge in [0, 0.05) is 17.7 Å². The molecule has 1 N–H and O–H groups in total. The summed E-state index contributed by atoms with van der Waals surface area (Å²) in [5.74, 6) is 0.349.